The number of pyridine rings is 1. The lowest BCUT2D eigenvalue weighted by Gasteiger charge is -2.29. The Bertz CT molecular complexity index is 958. The minimum absolute atomic E-state index is 0.00739. The maximum atomic E-state index is 12.6. The molecule has 2 aromatic rings. The van der Waals surface area contributed by atoms with Crippen molar-refractivity contribution < 1.29 is 13.2 Å². The average molecular weight is 436 g/mol. The molecule has 8 heteroatoms. The van der Waals surface area contributed by atoms with Crippen LogP contribution >= 0.6 is 11.6 Å². The zero-order valence-electron chi connectivity index (χ0n) is 16.6. The zero-order valence-corrected chi connectivity index (χ0v) is 18.1. The van der Waals surface area contributed by atoms with Crippen LogP contribution < -0.4 is 10.0 Å². The molecule has 1 atom stereocenters. The van der Waals surface area contributed by atoms with Crippen molar-refractivity contribution in [1.29, 1.82) is 0 Å². The molecule has 0 aliphatic heterocycles. The summed E-state index contributed by atoms with van der Waals surface area (Å²) < 4.78 is 28.0. The molecule has 1 aliphatic carbocycles. The van der Waals surface area contributed by atoms with E-state index >= 15 is 0 Å². The molecule has 6 nitrogen and oxygen atoms in total. The van der Waals surface area contributed by atoms with Crippen molar-refractivity contribution in [1.82, 2.24) is 15.0 Å². The van der Waals surface area contributed by atoms with E-state index in [0.29, 0.717) is 30.7 Å². The maximum absolute atomic E-state index is 12.6. The molecule has 29 heavy (non-hydrogen) atoms. The SMILES string of the molecule is Cc1ccc(S(=O)(=O)NC2CCC(C(=O)N[C@H](C)c3cccnc3)CC2)cc1Cl. The van der Waals surface area contributed by atoms with Crippen molar-refractivity contribution in [3.05, 3.63) is 58.9 Å². The summed E-state index contributed by atoms with van der Waals surface area (Å²) in [5.74, 6) is -0.100. The first-order valence-corrected chi connectivity index (χ1v) is 11.6. The van der Waals surface area contributed by atoms with Crippen LogP contribution in [-0.4, -0.2) is 25.4 Å². The molecule has 2 N–H and O–H groups in total. The number of aromatic nitrogens is 1. The summed E-state index contributed by atoms with van der Waals surface area (Å²) in [5.41, 5.74) is 1.79. The van der Waals surface area contributed by atoms with Gasteiger partial charge in [0.15, 0.2) is 0 Å². The van der Waals surface area contributed by atoms with E-state index in [0.717, 1.165) is 11.1 Å². The van der Waals surface area contributed by atoms with Crippen molar-refractivity contribution in [3.63, 3.8) is 0 Å². The van der Waals surface area contributed by atoms with Crippen LogP contribution in [0.2, 0.25) is 5.02 Å². The fourth-order valence-corrected chi connectivity index (χ4v) is 5.12. The number of benzene rings is 1. The second kappa shape index (κ2) is 9.24. The molecule has 1 fully saturated rings. The third-order valence-electron chi connectivity index (χ3n) is 5.42. The summed E-state index contributed by atoms with van der Waals surface area (Å²) in [5, 5.41) is 3.46. The Morgan fingerprint density at radius 2 is 1.93 bits per heavy atom. The number of carbonyl (C=O) groups is 1. The Morgan fingerprint density at radius 1 is 1.21 bits per heavy atom. The number of amides is 1. The third kappa shape index (κ3) is 5.56. The van der Waals surface area contributed by atoms with Crippen molar-refractivity contribution in [2.75, 3.05) is 0 Å². The maximum Gasteiger partial charge on any atom is 0.240 e. The van der Waals surface area contributed by atoms with Gasteiger partial charge in [-0.1, -0.05) is 23.7 Å². The predicted octanol–water partition coefficient (Wildman–Crippen LogP) is 3.76. The molecule has 1 heterocycles. The fourth-order valence-electron chi connectivity index (χ4n) is 3.55. The number of aryl methyl sites for hydroxylation is 1. The number of rotatable bonds is 6. The van der Waals surface area contributed by atoms with Crippen LogP contribution in [-0.2, 0) is 14.8 Å². The van der Waals surface area contributed by atoms with Gasteiger partial charge in [-0.3, -0.25) is 9.78 Å². The summed E-state index contributed by atoms with van der Waals surface area (Å²) in [6.07, 6.45) is 5.98. The lowest BCUT2D eigenvalue weighted by molar-refractivity contribution is -0.126. The summed E-state index contributed by atoms with van der Waals surface area (Å²) in [6, 6.07) is 8.21. The van der Waals surface area contributed by atoms with Gasteiger partial charge in [0, 0.05) is 29.4 Å². The number of sulfonamides is 1. The van der Waals surface area contributed by atoms with Gasteiger partial charge in [0.05, 0.1) is 10.9 Å². The van der Waals surface area contributed by atoms with E-state index in [2.05, 4.69) is 15.0 Å². The van der Waals surface area contributed by atoms with Gasteiger partial charge in [0.1, 0.15) is 0 Å². The first-order valence-electron chi connectivity index (χ1n) is 9.75. The number of halogens is 1. The van der Waals surface area contributed by atoms with E-state index < -0.39 is 10.0 Å². The Kier molecular flexibility index (Phi) is 6.93. The average Bonchev–Trinajstić information content (AvgIpc) is 2.70. The van der Waals surface area contributed by atoms with Gasteiger partial charge in [-0.15, -0.1) is 0 Å². The molecule has 1 aromatic heterocycles. The molecule has 0 saturated heterocycles. The van der Waals surface area contributed by atoms with Gasteiger partial charge in [-0.2, -0.15) is 0 Å². The molecular formula is C21H26ClN3O3S. The molecule has 1 saturated carbocycles. The minimum atomic E-state index is -3.63. The van der Waals surface area contributed by atoms with Crippen molar-refractivity contribution in [2.24, 2.45) is 5.92 Å². The smallest absolute Gasteiger partial charge is 0.240 e. The Balaban J connectivity index is 1.53. The number of hydrogen-bond donors (Lipinski definition) is 2. The predicted molar refractivity (Wildman–Crippen MR) is 113 cm³/mol. The Labute approximate surface area is 177 Å². The standard InChI is InChI=1S/C21H26ClN3O3S/c1-14-5-10-19(12-20(14)22)29(27,28)25-18-8-6-16(7-9-18)21(26)24-15(2)17-4-3-11-23-13-17/h3-5,10-13,15-16,18,25H,6-9H2,1-2H3,(H,24,26)/t15-,16?,18?/m1/s1. The highest BCUT2D eigenvalue weighted by atomic mass is 35.5. The van der Waals surface area contributed by atoms with E-state index in [4.69, 9.17) is 11.6 Å². The van der Waals surface area contributed by atoms with Crippen LogP contribution in [0.4, 0.5) is 0 Å². The molecule has 0 spiro atoms. The number of nitrogens with one attached hydrogen (secondary N) is 2. The monoisotopic (exact) mass is 435 g/mol. The van der Waals surface area contributed by atoms with Crippen molar-refractivity contribution in [2.45, 2.75) is 56.5 Å². The van der Waals surface area contributed by atoms with Crippen molar-refractivity contribution >= 4 is 27.5 Å². The Hall–Kier alpha value is -1.96. The topological polar surface area (TPSA) is 88.2 Å². The van der Waals surface area contributed by atoms with E-state index in [-0.39, 0.29) is 28.8 Å². The van der Waals surface area contributed by atoms with Gasteiger partial charge in [0.25, 0.3) is 0 Å². The quantitative estimate of drug-likeness (QED) is 0.723. The summed E-state index contributed by atoms with van der Waals surface area (Å²) >= 11 is 6.06. The normalized spacial score (nSPS) is 20.8. The molecule has 0 unspecified atom stereocenters. The highest BCUT2D eigenvalue weighted by molar-refractivity contribution is 7.89. The second-order valence-corrected chi connectivity index (χ2v) is 9.72. The molecule has 1 aliphatic rings. The Morgan fingerprint density at radius 3 is 2.55 bits per heavy atom. The summed E-state index contributed by atoms with van der Waals surface area (Å²) in [6.45, 7) is 3.76. The number of hydrogen-bond acceptors (Lipinski definition) is 4. The first kappa shape index (κ1) is 21.7. The molecule has 156 valence electrons. The van der Waals surface area contributed by atoms with Gasteiger partial charge in [0.2, 0.25) is 15.9 Å². The van der Waals surface area contributed by atoms with E-state index in [1.807, 2.05) is 26.0 Å². The molecule has 3 rings (SSSR count). The largest absolute Gasteiger partial charge is 0.349 e. The number of nitrogens with zero attached hydrogens (tertiary/aromatic N) is 1. The molecular weight excluding hydrogens is 410 g/mol. The lowest BCUT2D eigenvalue weighted by atomic mass is 9.85. The highest BCUT2D eigenvalue weighted by Gasteiger charge is 2.29. The van der Waals surface area contributed by atoms with E-state index in [1.165, 1.54) is 6.07 Å². The van der Waals surface area contributed by atoms with Gasteiger partial charge in [-0.25, -0.2) is 13.1 Å². The lowest BCUT2D eigenvalue weighted by Crippen LogP contribution is -2.41. The summed E-state index contributed by atoms with van der Waals surface area (Å²) in [7, 11) is -3.63. The zero-order chi connectivity index (χ0) is 21.0. The second-order valence-electron chi connectivity index (χ2n) is 7.60. The minimum Gasteiger partial charge on any atom is -0.349 e. The third-order valence-corrected chi connectivity index (χ3v) is 7.34. The van der Waals surface area contributed by atoms with Crippen LogP contribution in [0, 0.1) is 12.8 Å². The molecule has 1 amide bonds. The first-order chi connectivity index (χ1) is 13.8. The van der Waals surface area contributed by atoms with Crippen LogP contribution in [0.5, 0.6) is 0 Å². The molecule has 1 aromatic carbocycles. The van der Waals surface area contributed by atoms with Gasteiger partial charge in [-0.05, 0) is 68.9 Å². The van der Waals surface area contributed by atoms with E-state index in [1.54, 1.807) is 24.5 Å². The summed E-state index contributed by atoms with van der Waals surface area (Å²) in [4.78, 5) is 16.8. The van der Waals surface area contributed by atoms with Gasteiger partial charge >= 0.3 is 0 Å². The fraction of sp³-hybridized carbons (Fsp3) is 0.429. The van der Waals surface area contributed by atoms with Crippen LogP contribution in [0.25, 0.3) is 0 Å². The van der Waals surface area contributed by atoms with Crippen LogP contribution in [0.3, 0.4) is 0 Å². The highest BCUT2D eigenvalue weighted by Crippen LogP contribution is 2.27. The van der Waals surface area contributed by atoms with E-state index in [9.17, 15) is 13.2 Å². The van der Waals surface area contributed by atoms with Crippen molar-refractivity contribution in [3.8, 4) is 0 Å². The number of carbonyl (C=O) groups excluding carboxylic acids is 1. The van der Waals surface area contributed by atoms with Crippen LogP contribution in [0.15, 0.2) is 47.6 Å². The molecule has 0 radical (unpaired) electrons. The van der Waals surface area contributed by atoms with Crippen LogP contribution in [0.1, 0.15) is 49.8 Å². The van der Waals surface area contributed by atoms with Gasteiger partial charge < -0.3 is 5.32 Å². The molecule has 0 bridgehead atoms.